The van der Waals surface area contributed by atoms with Crippen LogP contribution in [-0.2, 0) is 20.0 Å². The highest BCUT2D eigenvalue weighted by Crippen LogP contribution is 2.53. The maximum atomic E-state index is 13.4. The lowest BCUT2D eigenvalue weighted by Crippen LogP contribution is -2.36. The molecule has 31 heavy (non-hydrogen) atoms. The van der Waals surface area contributed by atoms with Crippen molar-refractivity contribution in [1.82, 2.24) is 5.32 Å². The minimum Gasteiger partial charge on any atom is -0.366 e. The summed E-state index contributed by atoms with van der Waals surface area (Å²) in [5.41, 5.74) is 1.08. The van der Waals surface area contributed by atoms with E-state index in [0.29, 0.717) is 19.6 Å². The van der Waals surface area contributed by atoms with E-state index < -0.39 is 13.4 Å². The Bertz CT molecular complexity index is 616. The fraction of sp³-hybridized carbons (Fsp3) is 0.720. The second-order valence-corrected chi connectivity index (χ2v) is 10.8. The first kappa shape index (κ1) is 28.3. The average molecular weight is 470 g/mol. The number of nitrogens with one attached hydrogen (secondary N) is 1. The highest BCUT2D eigenvalue weighted by molar-refractivity contribution is 7.80. The standard InChI is InChI=1S/C25H44NO3PS/c1-4-7-8-9-10-11-12-13-14-18-21-25(31)26-24(22-23-19-16-15-17-20-23)30(27,28-5-2)29-6-3/h15-17,19-20,24H,4-14,18,21-22H2,1-3H3,(H,26,31). The van der Waals surface area contributed by atoms with E-state index in [0.717, 1.165) is 23.4 Å². The molecule has 1 aromatic carbocycles. The van der Waals surface area contributed by atoms with E-state index in [2.05, 4.69) is 12.2 Å². The molecule has 1 unspecified atom stereocenters. The van der Waals surface area contributed by atoms with E-state index in [4.69, 9.17) is 21.3 Å². The predicted molar refractivity (Wildman–Crippen MR) is 137 cm³/mol. The summed E-state index contributed by atoms with van der Waals surface area (Å²) in [5.74, 6) is -0.467. The topological polar surface area (TPSA) is 47.6 Å². The molecule has 178 valence electrons. The number of hydrogen-bond donors (Lipinski definition) is 1. The molecule has 1 aromatic rings. The van der Waals surface area contributed by atoms with Crippen LogP contribution in [-0.4, -0.2) is 24.0 Å². The van der Waals surface area contributed by atoms with Gasteiger partial charge in [0.25, 0.3) is 0 Å². The lowest BCUT2D eigenvalue weighted by atomic mass is 10.1. The van der Waals surface area contributed by atoms with Crippen LogP contribution in [0.2, 0.25) is 0 Å². The normalized spacial score (nSPS) is 12.6. The highest BCUT2D eigenvalue weighted by Gasteiger charge is 2.36. The second kappa shape index (κ2) is 17.8. The minimum absolute atomic E-state index is 0.343. The van der Waals surface area contributed by atoms with Gasteiger partial charge in [0.2, 0.25) is 0 Å². The van der Waals surface area contributed by atoms with E-state index in [9.17, 15) is 4.57 Å². The molecular formula is C25H44NO3PS. The predicted octanol–water partition coefficient (Wildman–Crippen LogP) is 8.05. The zero-order valence-electron chi connectivity index (χ0n) is 19.9. The van der Waals surface area contributed by atoms with Gasteiger partial charge < -0.3 is 14.4 Å². The zero-order chi connectivity index (χ0) is 22.8. The Morgan fingerprint density at radius 1 is 0.871 bits per heavy atom. The lowest BCUT2D eigenvalue weighted by molar-refractivity contribution is 0.209. The first-order valence-electron chi connectivity index (χ1n) is 12.3. The van der Waals surface area contributed by atoms with Gasteiger partial charge in [-0.2, -0.15) is 0 Å². The van der Waals surface area contributed by atoms with Gasteiger partial charge in [0.1, 0.15) is 5.78 Å². The number of rotatable bonds is 19. The molecule has 0 saturated heterocycles. The molecule has 0 aliphatic heterocycles. The smallest absolute Gasteiger partial charge is 0.353 e. The largest absolute Gasteiger partial charge is 0.366 e. The first-order chi connectivity index (χ1) is 15.1. The summed E-state index contributed by atoms with van der Waals surface area (Å²) < 4.78 is 24.7. The number of hydrogen-bond acceptors (Lipinski definition) is 4. The fourth-order valence-corrected chi connectivity index (χ4v) is 5.96. The van der Waals surface area contributed by atoms with Gasteiger partial charge in [0.05, 0.1) is 18.2 Å². The third kappa shape index (κ3) is 12.8. The van der Waals surface area contributed by atoms with Crippen molar-refractivity contribution in [3.63, 3.8) is 0 Å². The molecule has 0 radical (unpaired) electrons. The molecule has 0 spiro atoms. The molecule has 0 aliphatic rings. The Labute approximate surface area is 196 Å². The zero-order valence-corrected chi connectivity index (χ0v) is 21.7. The summed E-state index contributed by atoms with van der Waals surface area (Å²) >= 11 is 5.60. The van der Waals surface area contributed by atoms with Gasteiger partial charge in [0, 0.05) is 6.42 Å². The monoisotopic (exact) mass is 469 g/mol. The molecule has 0 heterocycles. The molecule has 1 rings (SSSR count). The summed E-state index contributed by atoms with van der Waals surface area (Å²) in [4.78, 5) is 0.750. The summed E-state index contributed by atoms with van der Waals surface area (Å²) in [5, 5.41) is 3.32. The van der Waals surface area contributed by atoms with Gasteiger partial charge >= 0.3 is 7.60 Å². The van der Waals surface area contributed by atoms with Crippen LogP contribution in [0.5, 0.6) is 0 Å². The Kier molecular flexibility index (Phi) is 16.2. The summed E-state index contributed by atoms with van der Waals surface area (Å²) in [6.07, 6.45) is 14.3. The maximum Gasteiger partial charge on any atom is 0.353 e. The molecule has 0 aliphatic carbocycles. The van der Waals surface area contributed by atoms with Gasteiger partial charge in [-0.25, -0.2) is 0 Å². The van der Waals surface area contributed by atoms with Crippen molar-refractivity contribution in [3.05, 3.63) is 35.9 Å². The van der Waals surface area contributed by atoms with Crippen LogP contribution in [0, 0.1) is 0 Å². The van der Waals surface area contributed by atoms with Crippen LogP contribution in [0.25, 0.3) is 0 Å². The van der Waals surface area contributed by atoms with Crippen molar-refractivity contribution in [2.24, 2.45) is 0 Å². The van der Waals surface area contributed by atoms with Crippen LogP contribution in [0.3, 0.4) is 0 Å². The molecule has 0 aromatic heterocycles. The van der Waals surface area contributed by atoms with Gasteiger partial charge in [-0.15, -0.1) is 0 Å². The minimum atomic E-state index is -3.31. The maximum absolute atomic E-state index is 13.4. The van der Waals surface area contributed by atoms with Crippen molar-refractivity contribution < 1.29 is 13.6 Å². The average Bonchev–Trinajstić information content (AvgIpc) is 2.75. The first-order valence-corrected chi connectivity index (χ1v) is 14.3. The lowest BCUT2D eigenvalue weighted by Gasteiger charge is -2.28. The fourth-order valence-electron chi connectivity index (χ4n) is 3.69. The summed E-state index contributed by atoms with van der Waals surface area (Å²) in [6.45, 7) is 6.63. The Morgan fingerprint density at radius 3 is 1.90 bits per heavy atom. The van der Waals surface area contributed by atoms with E-state index in [1.165, 1.54) is 57.8 Å². The Morgan fingerprint density at radius 2 is 1.39 bits per heavy atom. The molecule has 1 atom stereocenters. The molecule has 1 N–H and O–H groups in total. The molecular weight excluding hydrogens is 425 g/mol. The van der Waals surface area contributed by atoms with Gasteiger partial charge in [-0.3, -0.25) is 4.57 Å². The Balaban J connectivity index is 2.46. The molecule has 0 fully saturated rings. The van der Waals surface area contributed by atoms with Gasteiger partial charge in [-0.1, -0.05) is 107 Å². The van der Waals surface area contributed by atoms with Gasteiger partial charge in [0.15, 0.2) is 0 Å². The van der Waals surface area contributed by atoms with Gasteiger partial charge in [-0.05, 0) is 32.3 Å². The van der Waals surface area contributed by atoms with E-state index in [1.807, 2.05) is 44.2 Å². The van der Waals surface area contributed by atoms with Crippen molar-refractivity contribution >= 4 is 24.8 Å². The van der Waals surface area contributed by atoms with Crippen molar-refractivity contribution in [2.75, 3.05) is 13.2 Å². The van der Waals surface area contributed by atoms with Crippen LogP contribution >= 0.6 is 19.8 Å². The molecule has 0 saturated carbocycles. The Hall–Kier alpha value is -0.740. The summed E-state index contributed by atoms with van der Waals surface area (Å²) in [7, 11) is -3.31. The van der Waals surface area contributed by atoms with Crippen molar-refractivity contribution in [1.29, 1.82) is 0 Å². The third-order valence-corrected chi connectivity index (χ3v) is 7.99. The highest BCUT2D eigenvalue weighted by atomic mass is 32.1. The van der Waals surface area contributed by atoms with E-state index in [1.54, 1.807) is 0 Å². The SMILES string of the molecule is CCCCCCCCCCCCC(=S)NC(Cc1ccccc1)P(=O)(OCC)OCC. The second-order valence-electron chi connectivity index (χ2n) is 8.08. The summed E-state index contributed by atoms with van der Waals surface area (Å²) in [6, 6.07) is 10.0. The van der Waals surface area contributed by atoms with Crippen LogP contribution < -0.4 is 5.32 Å². The van der Waals surface area contributed by atoms with Crippen molar-refractivity contribution in [2.45, 2.75) is 104 Å². The quantitative estimate of drug-likeness (QED) is 0.126. The molecule has 6 heteroatoms. The van der Waals surface area contributed by atoms with E-state index in [-0.39, 0.29) is 0 Å². The molecule has 4 nitrogen and oxygen atoms in total. The number of thiocarbonyl (C=S) groups is 1. The van der Waals surface area contributed by atoms with Crippen LogP contribution in [0.4, 0.5) is 0 Å². The van der Waals surface area contributed by atoms with Crippen LogP contribution in [0.1, 0.15) is 97.0 Å². The van der Waals surface area contributed by atoms with E-state index >= 15 is 0 Å². The molecule has 0 bridgehead atoms. The van der Waals surface area contributed by atoms with Crippen molar-refractivity contribution in [3.8, 4) is 0 Å². The molecule has 0 amide bonds. The third-order valence-electron chi connectivity index (χ3n) is 5.36. The number of unbranched alkanes of at least 4 members (excludes halogenated alkanes) is 9. The van der Waals surface area contributed by atoms with Crippen LogP contribution in [0.15, 0.2) is 30.3 Å². The number of benzene rings is 1.